The number of fused-ring (bicyclic) bond motifs is 3. The normalized spacial score (nSPS) is 10.8. The molecule has 0 aliphatic carbocycles. The number of benzene rings is 6. The van der Waals surface area contributed by atoms with E-state index in [0.717, 1.165) is 55.3 Å². The Labute approximate surface area is 281 Å². The number of rotatable bonds is 5. The molecule has 0 aliphatic rings. The van der Waals surface area contributed by atoms with Gasteiger partial charge in [0.05, 0.1) is 51.6 Å². The van der Waals surface area contributed by atoms with Crippen LogP contribution in [0.5, 0.6) is 0 Å². The Morgan fingerprint density at radius 1 is 0.408 bits per heavy atom. The maximum Gasteiger partial charge on any atom is 0.166 e. The van der Waals surface area contributed by atoms with Crippen molar-refractivity contribution >= 4 is 21.8 Å². The van der Waals surface area contributed by atoms with Crippen LogP contribution in [0.15, 0.2) is 140 Å². The summed E-state index contributed by atoms with van der Waals surface area (Å²) in [5.74, 6) is 1.57. The highest BCUT2D eigenvalue weighted by Crippen LogP contribution is 2.39. The van der Waals surface area contributed by atoms with Crippen LogP contribution in [0, 0.1) is 34.0 Å². The summed E-state index contributed by atoms with van der Waals surface area (Å²) in [5.41, 5.74) is 8.36. The average molecular weight is 626 g/mol. The zero-order chi connectivity index (χ0) is 33.3. The zero-order valence-electron chi connectivity index (χ0n) is 25.9. The lowest BCUT2D eigenvalue weighted by Gasteiger charge is -2.16. The molecule has 7 heteroatoms. The van der Waals surface area contributed by atoms with Crippen LogP contribution in [0.1, 0.15) is 16.7 Å². The first kappa shape index (κ1) is 29.0. The van der Waals surface area contributed by atoms with E-state index < -0.39 is 0 Å². The minimum atomic E-state index is 0.484. The molecule has 0 spiro atoms. The summed E-state index contributed by atoms with van der Waals surface area (Å²) in [7, 11) is 0. The molecular weight excluding hydrogens is 603 g/mol. The number of aromatic nitrogens is 4. The second-order valence-corrected chi connectivity index (χ2v) is 11.5. The van der Waals surface area contributed by atoms with Crippen molar-refractivity contribution in [3.63, 3.8) is 0 Å². The van der Waals surface area contributed by atoms with Gasteiger partial charge in [-0.3, -0.25) is 0 Å². The van der Waals surface area contributed by atoms with Gasteiger partial charge in [0.2, 0.25) is 0 Å². The van der Waals surface area contributed by atoms with E-state index in [1.807, 2.05) is 115 Å². The molecule has 49 heavy (non-hydrogen) atoms. The molecule has 8 rings (SSSR count). The van der Waals surface area contributed by atoms with Crippen molar-refractivity contribution < 1.29 is 0 Å². The molecule has 8 aromatic rings. The third-order valence-corrected chi connectivity index (χ3v) is 8.53. The smallest absolute Gasteiger partial charge is 0.166 e. The molecule has 0 aliphatic heterocycles. The number of nitriles is 3. The first-order valence-corrected chi connectivity index (χ1v) is 15.5. The molecular formula is C42H23N7. The SMILES string of the molecule is N#Cc1cccc(-c2ccc(-c3nc(-c4ccccc4)nc(-c4ccccc4)n3)c(-n3c4ccc(C#N)cc4c4cc(C#N)ccc43)c2)c1. The van der Waals surface area contributed by atoms with Crippen LogP contribution in [0.25, 0.3) is 72.8 Å². The Balaban J connectivity index is 1.47. The molecule has 0 atom stereocenters. The van der Waals surface area contributed by atoms with Crippen molar-refractivity contribution in [2.75, 3.05) is 0 Å². The molecule has 2 heterocycles. The highest BCUT2D eigenvalue weighted by molar-refractivity contribution is 6.10. The predicted octanol–water partition coefficient (Wildman–Crippen LogP) is 9.25. The van der Waals surface area contributed by atoms with Gasteiger partial charge in [-0.25, -0.2) is 15.0 Å². The average Bonchev–Trinajstić information content (AvgIpc) is 3.50. The predicted molar refractivity (Wildman–Crippen MR) is 190 cm³/mol. The molecule has 7 nitrogen and oxygen atoms in total. The molecule has 0 bridgehead atoms. The summed E-state index contributed by atoms with van der Waals surface area (Å²) < 4.78 is 2.13. The molecule has 226 valence electrons. The fourth-order valence-corrected chi connectivity index (χ4v) is 6.20. The highest BCUT2D eigenvalue weighted by atomic mass is 15.1. The van der Waals surface area contributed by atoms with E-state index >= 15 is 0 Å². The third kappa shape index (κ3) is 5.22. The summed E-state index contributed by atoms with van der Waals surface area (Å²) in [6.45, 7) is 0. The fourth-order valence-electron chi connectivity index (χ4n) is 6.20. The minimum absolute atomic E-state index is 0.484. The molecule has 0 unspecified atom stereocenters. The van der Waals surface area contributed by atoms with Crippen molar-refractivity contribution in [1.82, 2.24) is 19.5 Å². The number of nitrogens with zero attached hydrogens (tertiary/aromatic N) is 7. The fraction of sp³-hybridized carbons (Fsp3) is 0. The van der Waals surface area contributed by atoms with Crippen LogP contribution in [-0.2, 0) is 0 Å². The second-order valence-electron chi connectivity index (χ2n) is 11.5. The van der Waals surface area contributed by atoms with E-state index in [1.165, 1.54) is 0 Å². The molecule has 0 N–H and O–H groups in total. The number of hydrogen-bond donors (Lipinski definition) is 0. The third-order valence-electron chi connectivity index (χ3n) is 8.53. The molecule has 0 fully saturated rings. The lowest BCUT2D eigenvalue weighted by atomic mass is 10.00. The summed E-state index contributed by atoms with van der Waals surface area (Å²) >= 11 is 0. The van der Waals surface area contributed by atoms with E-state index in [0.29, 0.717) is 34.2 Å². The standard InChI is InChI=1S/C42H23N7/c43-24-27-8-7-13-32(20-27)33-16-17-34(42-47-40(30-9-3-1-4-10-30)46-41(48-42)31-11-5-2-6-12-31)39(23-33)49-37-18-14-28(25-44)21-35(37)36-22-29(26-45)15-19-38(36)49/h1-23H. The van der Waals surface area contributed by atoms with Crippen molar-refractivity contribution in [3.05, 3.63) is 156 Å². The second kappa shape index (κ2) is 12.1. The van der Waals surface area contributed by atoms with E-state index in [4.69, 9.17) is 15.0 Å². The molecule has 0 saturated carbocycles. The number of hydrogen-bond acceptors (Lipinski definition) is 6. The summed E-state index contributed by atoms with van der Waals surface area (Å²) in [5, 5.41) is 30.9. The van der Waals surface area contributed by atoms with E-state index in [2.05, 4.69) is 28.8 Å². The summed E-state index contributed by atoms with van der Waals surface area (Å²) in [4.78, 5) is 15.0. The first-order valence-electron chi connectivity index (χ1n) is 15.5. The molecule has 0 amide bonds. The monoisotopic (exact) mass is 625 g/mol. The van der Waals surface area contributed by atoms with Crippen molar-refractivity contribution in [1.29, 1.82) is 15.8 Å². The maximum absolute atomic E-state index is 9.78. The van der Waals surface area contributed by atoms with Crippen molar-refractivity contribution in [3.8, 4) is 69.2 Å². The van der Waals surface area contributed by atoms with Crippen LogP contribution >= 0.6 is 0 Å². The Hall–Kier alpha value is -7.40. The van der Waals surface area contributed by atoms with E-state index in [9.17, 15) is 15.8 Å². The zero-order valence-corrected chi connectivity index (χ0v) is 25.9. The van der Waals surface area contributed by atoms with Crippen LogP contribution in [0.3, 0.4) is 0 Å². The molecule has 6 aromatic carbocycles. The van der Waals surface area contributed by atoms with Gasteiger partial charge in [-0.1, -0.05) is 78.9 Å². The van der Waals surface area contributed by atoms with Crippen LogP contribution in [-0.4, -0.2) is 19.5 Å². The van der Waals surface area contributed by atoms with Gasteiger partial charge in [-0.15, -0.1) is 0 Å². The Morgan fingerprint density at radius 2 is 0.898 bits per heavy atom. The van der Waals surface area contributed by atoms with Gasteiger partial charge in [0, 0.05) is 27.5 Å². The summed E-state index contributed by atoms with van der Waals surface area (Å²) in [6.07, 6.45) is 0. The lowest BCUT2D eigenvalue weighted by molar-refractivity contribution is 1.06. The van der Waals surface area contributed by atoms with Gasteiger partial charge in [0.15, 0.2) is 17.5 Å². The summed E-state index contributed by atoms with van der Waals surface area (Å²) in [6, 6.07) is 51.2. The lowest BCUT2D eigenvalue weighted by Crippen LogP contribution is -2.04. The first-order chi connectivity index (χ1) is 24.1. The Kier molecular flexibility index (Phi) is 7.16. The van der Waals surface area contributed by atoms with Gasteiger partial charge < -0.3 is 4.57 Å². The van der Waals surface area contributed by atoms with Crippen LogP contribution < -0.4 is 0 Å². The largest absolute Gasteiger partial charge is 0.308 e. The Morgan fingerprint density at radius 3 is 1.45 bits per heavy atom. The van der Waals surface area contributed by atoms with Gasteiger partial charge >= 0.3 is 0 Å². The van der Waals surface area contributed by atoms with Crippen molar-refractivity contribution in [2.24, 2.45) is 0 Å². The van der Waals surface area contributed by atoms with Crippen molar-refractivity contribution in [2.45, 2.75) is 0 Å². The van der Waals surface area contributed by atoms with Crippen LogP contribution in [0.4, 0.5) is 0 Å². The Bertz CT molecular complexity index is 2560. The molecule has 2 aromatic heterocycles. The van der Waals surface area contributed by atoms with Gasteiger partial charge in [-0.2, -0.15) is 15.8 Å². The topological polar surface area (TPSA) is 115 Å². The van der Waals surface area contributed by atoms with Gasteiger partial charge in [-0.05, 0) is 71.8 Å². The minimum Gasteiger partial charge on any atom is -0.308 e. The molecule has 0 radical (unpaired) electrons. The van der Waals surface area contributed by atoms with Gasteiger partial charge in [0.25, 0.3) is 0 Å². The van der Waals surface area contributed by atoms with Crippen LogP contribution in [0.2, 0.25) is 0 Å². The molecule has 0 saturated heterocycles. The van der Waals surface area contributed by atoms with E-state index in [1.54, 1.807) is 18.2 Å². The van der Waals surface area contributed by atoms with Gasteiger partial charge in [0.1, 0.15) is 0 Å². The maximum atomic E-state index is 9.78. The highest BCUT2D eigenvalue weighted by Gasteiger charge is 2.21. The van der Waals surface area contributed by atoms with E-state index in [-0.39, 0.29) is 0 Å². The quantitative estimate of drug-likeness (QED) is 0.188.